The Morgan fingerprint density at radius 3 is 2.53 bits per heavy atom. The van der Waals surface area contributed by atoms with Crippen molar-refractivity contribution in [3.8, 4) is 0 Å². The number of benzene rings is 1. The molecule has 1 aromatic rings. The van der Waals surface area contributed by atoms with E-state index in [-0.39, 0.29) is 0 Å². The van der Waals surface area contributed by atoms with E-state index in [1.54, 1.807) is 12.1 Å². The molecule has 0 spiro atoms. The Balaban J connectivity index is 3.03. The van der Waals surface area contributed by atoms with Crippen LogP contribution in [0.3, 0.4) is 0 Å². The zero-order chi connectivity index (χ0) is 12.9. The van der Waals surface area contributed by atoms with Crippen molar-refractivity contribution in [2.75, 3.05) is 12.3 Å². The second-order valence-electron chi connectivity index (χ2n) is 3.72. The molecular weight excluding hydrogens is 247 g/mol. The topological polar surface area (TPSA) is 26.0 Å². The van der Waals surface area contributed by atoms with Crippen LogP contribution in [0, 0.1) is 0 Å². The normalized spacial score (nSPS) is 11.8. The fourth-order valence-electron chi connectivity index (χ4n) is 1.46. The molecule has 1 aromatic carbocycles. The molecule has 0 unspecified atom stereocenters. The Kier molecular flexibility index (Phi) is 5.33. The molecule has 17 heavy (non-hydrogen) atoms. The van der Waals surface area contributed by atoms with Crippen LogP contribution in [-0.4, -0.2) is 12.3 Å². The van der Waals surface area contributed by atoms with E-state index in [1.165, 1.54) is 17.8 Å². The van der Waals surface area contributed by atoms with Crippen molar-refractivity contribution in [1.82, 2.24) is 0 Å². The summed E-state index contributed by atoms with van der Waals surface area (Å²) in [6.45, 7) is 2.31. The number of hydrogen-bond acceptors (Lipinski definition) is 2. The highest BCUT2D eigenvalue weighted by Crippen LogP contribution is 2.37. The lowest BCUT2D eigenvalue weighted by atomic mass is 10.1. The Hall–Kier alpha value is -0.680. The number of nitrogens with two attached hydrogens (primary N) is 1. The van der Waals surface area contributed by atoms with E-state index in [2.05, 4.69) is 0 Å². The average molecular weight is 263 g/mol. The van der Waals surface area contributed by atoms with Gasteiger partial charge in [0.25, 0.3) is 0 Å². The third-order valence-corrected chi connectivity index (χ3v) is 3.52. The Morgan fingerprint density at radius 2 is 2.00 bits per heavy atom. The monoisotopic (exact) mass is 263 g/mol. The van der Waals surface area contributed by atoms with Crippen molar-refractivity contribution in [2.45, 2.75) is 30.8 Å². The van der Waals surface area contributed by atoms with Gasteiger partial charge in [0.2, 0.25) is 0 Å². The zero-order valence-corrected chi connectivity index (χ0v) is 10.5. The van der Waals surface area contributed by atoms with Gasteiger partial charge in [-0.2, -0.15) is 13.2 Å². The molecule has 0 aromatic heterocycles. The fourth-order valence-corrected chi connectivity index (χ4v) is 2.38. The number of rotatable bonds is 5. The van der Waals surface area contributed by atoms with Crippen molar-refractivity contribution >= 4 is 11.8 Å². The van der Waals surface area contributed by atoms with Gasteiger partial charge in [-0.05, 0) is 42.8 Å². The number of hydrogen-bond donors (Lipinski definition) is 1. The third-order valence-electron chi connectivity index (χ3n) is 2.24. The van der Waals surface area contributed by atoms with Crippen LogP contribution in [0.2, 0.25) is 0 Å². The van der Waals surface area contributed by atoms with Gasteiger partial charge in [0, 0.05) is 4.90 Å². The van der Waals surface area contributed by atoms with Gasteiger partial charge in [0.05, 0.1) is 5.56 Å². The second-order valence-corrected chi connectivity index (χ2v) is 4.85. The van der Waals surface area contributed by atoms with Crippen LogP contribution >= 0.6 is 11.8 Å². The summed E-state index contributed by atoms with van der Waals surface area (Å²) >= 11 is 1.25. The van der Waals surface area contributed by atoms with Gasteiger partial charge in [0.15, 0.2) is 0 Å². The summed E-state index contributed by atoms with van der Waals surface area (Å²) in [6.07, 6.45) is -2.96. The minimum absolute atomic E-state index is 0.306. The Morgan fingerprint density at radius 1 is 1.29 bits per heavy atom. The molecule has 0 aliphatic carbocycles. The van der Waals surface area contributed by atoms with Crippen molar-refractivity contribution in [3.63, 3.8) is 0 Å². The largest absolute Gasteiger partial charge is 0.417 e. The van der Waals surface area contributed by atoms with Gasteiger partial charge >= 0.3 is 6.18 Å². The fraction of sp³-hybridized carbons (Fsp3) is 0.500. The summed E-state index contributed by atoms with van der Waals surface area (Å²) in [5.74, 6) is 0.694. The number of thioether (sulfide) groups is 1. The highest BCUT2D eigenvalue weighted by molar-refractivity contribution is 7.99. The first-order valence-electron chi connectivity index (χ1n) is 5.52. The molecule has 2 N–H and O–H groups in total. The van der Waals surface area contributed by atoms with Crippen LogP contribution in [-0.2, 0) is 12.6 Å². The molecule has 0 fully saturated rings. The van der Waals surface area contributed by atoms with E-state index in [0.717, 1.165) is 6.42 Å². The minimum atomic E-state index is -4.29. The molecule has 0 atom stereocenters. The van der Waals surface area contributed by atoms with E-state index in [0.29, 0.717) is 29.2 Å². The summed E-state index contributed by atoms with van der Waals surface area (Å²) < 4.78 is 38.6. The molecule has 0 aliphatic heterocycles. The average Bonchev–Trinajstić information content (AvgIpc) is 2.26. The molecule has 0 saturated heterocycles. The second kappa shape index (κ2) is 6.31. The quantitative estimate of drug-likeness (QED) is 0.820. The lowest BCUT2D eigenvalue weighted by Gasteiger charge is -2.13. The lowest BCUT2D eigenvalue weighted by molar-refractivity contribution is -0.139. The molecule has 1 rings (SSSR count). The van der Waals surface area contributed by atoms with Gasteiger partial charge in [0.1, 0.15) is 0 Å². The standard InChI is InChI=1S/C12H16F3NS/c1-2-7-17-11-4-3-9(5-6-16)8-10(11)12(13,14)15/h3-4,8H,2,5-7,16H2,1H3. The number of alkyl halides is 3. The van der Waals surface area contributed by atoms with Crippen LogP contribution < -0.4 is 5.73 Å². The Labute approximate surface area is 104 Å². The van der Waals surface area contributed by atoms with Gasteiger partial charge in [-0.15, -0.1) is 11.8 Å². The summed E-state index contributed by atoms with van der Waals surface area (Å²) in [7, 11) is 0. The highest BCUT2D eigenvalue weighted by atomic mass is 32.2. The molecule has 0 bridgehead atoms. The predicted molar refractivity (Wildman–Crippen MR) is 65.2 cm³/mol. The van der Waals surface area contributed by atoms with Crippen LogP contribution in [0.1, 0.15) is 24.5 Å². The summed E-state index contributed by atoms with van der Waals surface area (Å²) in [5.41, 5.74) is 5.45. The van der Waals surface area contributed by atoms with E-state index in [4.69, 9.17) is 5.73 Å². The van der Waals surface area contributed by atoms with E-state index < -0.39 is 11.7 Å². The summed E-state index contributed by atoms with van der Waals surface area (Å²) in [4.78, 5) is 0.306. The van der Waals surface area contributed by atoms with E-state index in [9.17, 15) is 13.2 Å². The third kappa shape index (κ3) is 4.24. The number of halogens is 3. The molecule has 0 radical (unpaired) electrons. The first kappa shape index (κ1) is 14.4. The van der Waals surface area contributed by atoms with Crippen molar-refractivity contribution < 1.29 is 13.2 Å². The molecule has 1 nitrogen and oxygen atoms in total. The molecule has 0 heterocycles. The molecule has 0 amide bonds. The molecule has 5 heteroatoms. The van der Waals surface area contributed by atoms with Crippen LogP contribution in [0.25, 0.3) is 0 Å². The van der Waals surface area contributed by atoms with Gasteiger partial charge < -0.3 is 5.73 Å². The molecular formula is C12H16F3NS. The van der Waals surface area contributed by atoms with E-state index >= 15 is 0 Å². The lowest BCUT2D eigenvalue weighted by Crippen LogP contribution is -2.09. The van der Waals surface area contributed by atoms with Gasteiger partial charge in [-0.1, -0.05) is 13.0 Å². The predicted octanol–water partition coefficient (Wildman–Crippen LogP) is 3.71. The molecule has 0 saturated carbocycles. The first-order valence-corrected chi connectivity index (χ1v) is 6.50. The maximum absolute atomic E-state index is 12.9. The van der Waals surface area contributed by atoms with E-state index in [1.807, 2.05) is 6.92 Å². The SMILES string of the molecule is CCCSc1ccc(CCN)cc1C(F)(F)F. The van der Waals surface area contributed by atoms with Crippen molar-refractivity contribution in [2.24, 2.45) is 5.73 Å². The Bertz CT molecular complexity index is 363. The van der Waals surface area contributed by atoms with Crippen LogP contribution in [0.5, 0.6) is 0 Å². The summed E-state index contributed by atoms with van der Waals surface area (Å²) in [6, 6.07) is 4.49. The van der Waals surface area contributed by atoms with Crippen LogP contribution in [0.4, 0.5) is 13.2 Å². The smallest absolute Gasteiger partial charge is 0.330 e. The molecule has 96 valence electrons. The van der Waals surface area contributed by atoms with Crippen LogP contribution in [0.15, 0.2) is 23.1 Å². The maximum atomic E-state index is 12.9. The van der Waals surface area contributed by atoms with Gasteiger partial charge in [-0.3, -0.25) is 0 Å². The molecule has 0 aliphatic rings. The minimum Gasteiger partial charge on any atom is -0.330 e. The maximum Gasteiger partial charge on any atom is 0.417 e. The van der Waals surface area contributed by atoms with Gasteiger partial charge in [-0.25, -0.2) is 0 Å². The van der Waals surface area contributed by atoms with Crippen molar-refractivity contribution in [1.29, 1.82) is 0 Å². The zero-order valence-electron chi connectivity index (χ0n) is 9.68. The highest BCUT2D eigenvalue weighted by Gasteiger charge is 2.33. The first-order chi connectivity index (χ1) is 7.99. The summed E-state index contributed by atoms with van der Waals surface area (Å²) in [5, 5.41) is 0. The van der Waals surface area contributed by atoms with Crippen molar-refractivity contribution in [3.05, 3.63) is 29.3 Å².